The maximum atomic E-state index is 13.0. The molecule has 166 valence electrons. The predicted octanol–water partition coefficient (Wildman–Crippen LogP) is 4.68. The Labute approximate surface area is 179 Å². The summed E-state index contributed by atoms with van der Waals surface area (Å²) in [6.07, 6.45) is -3.04. The Kier molecular flexibility index (Phi) is 5.23. The van der Waals surface area contributed by atoms with Gasteiger partial charge in [-0.15, -0.1) is 0 Å². The van der Waals surface area contributed by atoms with E-state index in [1.54, 1.807) is 11.1 Å². The van der Waals surface area contributed by atoms with Crippen molar-refractivity contribution in [1.82, 2.24) is 9.88 Å². The van der Waals surface area contributed by atoms with Crippen LogP contribution in [0.2, 0.25) is 0 Å². The molecular formula is C22H25F3N4O2. The molecular weight excluding hydrogens is 409 g/mol. The molecule has 0 saturated carbocycles. The molecule has 1 saturated heterocycles. The third kappa shape index (κ3) is 4.40. The maximum absolute atomic E-state index is 13.0. The predicted molar refractivity (Wildman–Crippen MR) is 112 cm³/mol. The summed E-state index contributed by atoms with van der Waals surface area (Å²) in [5, 5.41) is 0. The fourth-order valence-corrected chi connectivity index (χ4v) is 3.99. The summed E-state index contributed by atoms with van der Waals surface area (Å²) < 4.78 is 44.5. The summed E-state index contributed by atoms with van der Waals surface area (Å²) in [6, 6.07) is 8.79. The van der Waals surface area contributed by atoms with Crippen molar-refractivity contribution in [3.8, 4) is 0 Å². The zero-order chi connectivity index (χ0) is 22.4. The second-order valence-electron chi connectivity index (χ2n) is 8.77. The summed E-state index contributed by atoms with van der Waals surface area (Å²) >= 11 is 0. The van der Waals surface area contributed by atoms with E-state index in [2.05, 4.69) is 9.88 Å². The van der Waals surface area contributed by atoms with Crippen LogP contribution in [0.3, 0.4) is 0 Å². The SMILES string of the molecule is CC(C)(C)OC(=O)N1CCN2c3ncccc3N(c3ccc(C(F)(F)F)cc3)CC2C1. The van der Waals surface area contributed by atoms with Gasteiger partial charge in [-0.1, -0.05) is 0 Å². The van der Waals surface area contributed by atoms with E-state index >= 15 is 0 Å². The lowest BCUT2D eigenvalue weighted by atomic mass is 10.1. The van der Waals surface area contributed by atoms with Gasteiger partial charge >= 0.3 is 12.3 Å². The zero-order valence-electron chi connectivity index (χ0n) is 17.7. The number of anilines is 3. The molecule has 2 aliphatic heterocycles. The van der Waals surface area contributed by atoms with Crippen LogP contribution >= 0.6 is 0 Å². The first kappa shape index (κ1) is 21.3. The van der Waals surface area contributed by atoms with E-state index in [-0.39, 0.29) is 12.1 Å². The molecule has 1 atom stereocenters. The van der Waals surface area contributed by atoms with E-state index in [4.69, 9.17) is 4.74 Å². The number of halogens is 3. The minimum absolute atomic E-state index is 0.0639. The fourth-order valence-electron chi connectivity index (χ4n) is 3.99. The number of rotatable bonds is 1. The number of hydrogen-bond acceptors (Lipinski definition) is 5. The van der Waals surface area contributed by atoms with Crippen LogP contribution in [0.15, 0.2) is 42.6 Å². The van der Waals surface area contributed by atoms with E-state index in [0.29, 0.717) is 31.9 Å². The Morgan fingerprint density at radius 3 is 2.42 bits per heavy atom. The topological polar surface area (TPSA) is 48.9 Å². The van der Waals surface area contributed by atoms with Gasteiger partial charge in [0.05, 0.1) is 17.3 Å². The molecule has 9 heteroatoms. The van der Waals surface area contributed by atoms with E-state index in [1.165, 1.54) is 12.1 Å². The molecule has 0 bridgehead atoms. The van der Waals surface area contributed by atoms with Crippen LogP contribution in [0.4, 0.5) is 35.2 Å². The number of piperazine rings is 1. The van der Waals surface area contributed by atoms with Crippen molar-refractivity contribution in [1.29, 1.82) is 0 Å². The highest BCUT2D eigenvalue weighted by molar-refractivity contribution is 5.78. The van der Waals surface area contributed by atoms with E-state index in [1.807, 2.05) is 37.8 Å². The Hall–Kier alpha value is -2.97. The van der Waals surface area contributed by atoms with Gasteiger partial charge in [-0.25, -0.2) is 9.78 Å². The van der Waals surface area contributed by atoms with Crippen molar-refractivity contribution in [2.75, 3.05) is 36.0 Å². The molecule has 0 N–H and O–H groups in total. The van der Waals surface area contributed by atoms with Crippen molar-refractivity contribution in [2.45, 2.75) is 38.6 Å². The number of amides is 1. The Bertz CT molecular complexity index is 956. The normalized spacial score (nSPS) is 19.0. The lowest BCUT2D eigenvalue weighted by Crippen LogP contribution is -2.60. The molecule has 1 unspecified atom stereocenters. The molecule has 0 aliphatic carbocycles. The summed E-state index contributed by atoms with van der Waals surface area (Å²) in [5.41, 5.74) is 0.219. The average Bonchev–Trinajstić information content (AvgIpc) is 2.71. The van der Waals surface area contributed by atoms with E-state index in [9.17, 15) is 18.0 Å². The number of fused-ring (bicyclic) bond motifs is 3. The monoisotopic (exact) mass is 434 g/mol. The summed E-state index contributed by atoms with van der Waals surface area (Å²) in [6.45, 7) is 7.57. The fraction of sp³-hybridized carbons (Fsp3) is 0.455. The van der Waals surface area contributed by atoms with Gasteiger partial charge in [0, 0.05) is 38.1 Å². The number of carbonyl (C=O) groups excluding carboxylic acids is 1. The first-order chi connectivity index (χ1) is 14.5. The van der Waals surface area contributed by atoms with Gasteiger partial charge in [0.25, 0.3) is 0 Å². The lowest BCUT2D eigenvalue weighted by molar-refractivity contribution is -0.137. The van der Waals surface area contributed by atoms with Crippen LogP contribution in [0.25, 0.3) is 0 Å². The molecule has 6 nitrogen and oxygen atoms in total. The van der Waals surface area contributed by atoms with Gasteiger partial charge in [-0.3, -0.25) is 0 Å². The van der Waals surface area contributed by atoms with Gasteiger partial charge in [-0.2, -0.15) is 13.2 Å². The Balaban J connectivity index is 1.61. The zero-order valence-corrected chi connectivity index (χ0v) is 17.7. The molecule has 1 aromatic heterocycles. The smallest absolute Gasteiger partial charge is 0.416 e. The molecule has 1 fully saturated rings. The Morgan fingerprint density at radius 1 is 1.06 bits per heavy atom. The molecule has 2 aromatic rings. The molecule has 2 aliphatic rings. The van der Waals surface area contributed by atoms with Gasteiger partial charge in [-0.05, 0) is 57.2 Å². The largest absolute Gasteiger partial charge is 0.444 e. The Morgan fingerprint density at radius 2 is 1.77 bits per heavy atom. The number of nitrogens with zero attached hydrogens (tertiary/aromatic N) is 4. The van der Waals surface area contributed by atoms with Gasteiger partial charge in [0.15, 0.2) is 5.82 Å². The molecule has 0 spiro atoms. The van der Waals surface area contributed by atoms with Gasteiger partial charge in [0.1, 0.15) is 5.60 Å². The third-order valence-electron chi connectivity index (χ3n) is 5.36. The number of benzene rings is 1. The van der Waals surface area contributed by atoms with Crippen LogP contribution in [-0.2, 0) is 10.9 Å². The first-order valence-electron chi connectivity index (χ1n) is 10.2. The third-order valence-corrected chi connectivity index (χ3v) is 5.36. The van der Waals surface area contributed by atoms with E-state index < -0.39 is 17.3 Å². The summed E-state index contributed by atoms with van der Waals surface area (Å²) in [4.78, 5) is 22.9. The molecule has 31 heavy (non-hydrogen) atoms. The summed E-state index contributed by atoms with van der Waals surface area (Å²) in [7, 11) is 0. The number of carbonyl (C=O) groups is 1. The molecule has 1 aromatic carbocycles. The highest BCUT2D eigenvalue weighted by atomic mass is 19.4. The van der Waals surface area contributed by atoms with Crippen molar-refractivity contribution in [2.24, 2.45) is 0 Å². The minimum atomic E-state index is -4.38. The number of hydrogen-bond donors (Lipinski definition) is 0. The number of pyridine rings is 1. The molecule has 1 amide bonds. The second-order valence-corrected chi connectivity index (χ2v) is 8.77. The van der Waals surface area contributed by atoms with Crippen LogP contribution in [0, 0.1) is 0 Å². The van der Waals surface area contributed by atoms with Crippen molar-refractivity contribution < 1.29 is 22.7 Å². The summed E-state index contributed by atoms with van der Waals surface area (Å²) in [5.74, 6) is 0.766. The number of ether oxygens (including phenoxy) is 1. The number of aromatic nitrogens is 1. The lowest BCUT2D eigenvalue weighted by Gasteiger charge is -2.48. The van der Waals surface area contributed by atoms with Crippen molar-refractivity contribution >= 4 is 23.3 Å². The molecule has 3 heterocycles. The van der Waals surface area contributed by atoms with Crippen LogP contribution < -0.4 is 9.80 Å². The standard InChI is InChI=1S/C22H25F3N4O2/c1-21(2,3)31-20(30)27-11-12-28-17(13-27)14-29(18-5-4-10-26-19(18)28)16-8-6-15(7-9-16)22(23,24)25/h4-10,17H,11-14H2,1-3H3. The van der Waals surface area contributed by atoms with Crippen molar-refractivity contribution in [3.63, 3.8) is 0 Å². The second kappa shape index (κ2) is 7.62. The van der Waals surface area contributed by atoms with Crippen LogP contribution in [0.1, 0.15) is 26.3 Å². The van der Waals surface area contributed by atoms with Crippen molar-refractivity contribution in [3.05, 3.63) is 48.2 Å². The maximum Gasteiger partial charge on any atom is 0.416 e. The highest BCUT2D eigenvalue weighted by Gasteiger charge is 2.39. The quantitative estimate of drug-likeness (QED) is 0.653. The molecule has 4 rings (SSSR count). The van der Waals surface area contributed by atoms with E-state index in [0.717, 1.165) is 23.6 Å². The average molecular weight is 434 g/mol. The van der Waals surface area contributed by atoms with Gasteiger partial charge in [0.2, 0.25) is 0 Å². The van der Waals surface area contributed by atoms with Crippen LogP contribution in [0.5, 0.6) is 0 Å². The minimum Gasteiger partial charge on any atom is -0.444 e. The number of alkyl halides is 3. The van der Waals surface area contributed by atoms with Crippen LogP contribution in [-0.4, -0.2) is 53.8 Å². The molecule has 0 radical (unpaired) electrons. The highest BCUT2D eigenvalue weighted by Crippen LogP contribution is 2.40. The first-order valence-corrected chi connectivity index (χ1v) is 10.2. The van der Waals surface area contributed by atoms with Gasteiger partial charge < -0.3 is 19.4 Å².